The molecule has 0 radical (unpaired) electrons. The number of aromatic nitrogens is 2. The molecule has 3 heterocycles. The Kier molecular flexibility index (Phi) is 6.89. The predicted octanol–water partition coefficient (Wildman–Crippen LogP) is 3.17. The van der Waals surface area contributed by atoms with E-state index in [1.54, 1.807) is 9.47 Å². The van der Waals surface area contributed by atoms with Crippen LogP contribution in [0.2, 0.25) is 0 Å². The number of halogens is 3. The summed E-state index contributed by atoms with van der Waals surface area (Å²) in [5.41, 5.74) is 2.08. The number of nitrogens with zero attached hydrogens (tertiary/aromatic N) is 3. The van der Waals surface area contributed by atoms with Gasteiger partial charge in [-0.1, -0.05) is 24.3 Å². The summed E-state index contributed by atoms with van der Waals surface area (Å²) < 4.78 is 40.3. The molecule has 3 aromatic rings. The van der Waals surface area contributed by atoms with Crippen LogP contribution in [0.1, 0.15) is 36.0 Å². The number of hydrogen-bond donors (Lipinski definition) is 2. The number of carbonyl (C=O) groups is 3. The van der Waals surface area contributed by atoms with Gasteiger partial charge in [0.05, 0.1) is 22.3 Å². The lowest BCUT2D eigenvalue weighted by Crippen LogP contribution is -2.54. The molecule has 0 fully saturated rings. The van der Waals surface area contributed by atoms with Crippen LogP contribution in [0, 0.1) is 0 Å². The molecular formula is C26H24F3N5O5. The van der Waals surface area contributed by atoms with Crippen LogP contribution < -0.4 is 16.1 Å². The summed E-state index contributed by atoms with van der Waals surface area (Å²) in [6.07, 6.45) is -3.71. The van der Waals surface area contributed by atoms with Gasteiger partial charge in [0, 0.05) is 31.6 Å². The number of aromatic amines is 1. The lowest BCUT2D eigenvalue weighted by molar-refractivity contribution is -0.202. The molecule has 0 aliphatic carbocycles. The number of rotatable bonds is 6. The largest absolute Gasteiger partial charge is 0.493 e. The highest BCUT2D eigenvalue weighted by molar-refractivity contribution is 6.02. The molecular weight excluding hydrogens is 519 g/mol. The van der Waals surface area contributed by atoms with E-state index in [1.807, 2.05) is 30.3 Å². The second-order valence-electron chi connectivity index (χ2n) is 9.17. The van der Waals surface area contributed by atoms with Crippen LogP contribution in [0.25, 0.3) is 16.7 Å². The molecule has 0 bridgehead atoms. The minimum Gasteiger partial charge on any atom is -0.339 e. The number of hydroxylamine groups is 1. The minimum atomic E-state index is -5.23. The molecule has 5 rings (SSSR count). The molecule has 1 aromatic heterocycles. The predicted molar refractivity (Wildman–Crippen MR) is 134 cm³/mol. The molecule has 2 amide bonds. The quantitative estimate of drug-likeness (QED) is 0.494. The second-order valence-corrected chi connectivity index (χ2v) is 9.17. The Hall–Kier alpha value is -4.55. The number of hydrogen-bond acceptors (Lipinski definition) is 6. The molecule has 10 nitrogen and oxygen atoms in total. The van der Waals surface area contributed by atoms with Crippen LogP contribution in [-0.4, -0.2) is 57.7 Å². The molecule has 1 atom stereocenters. The van der Waals surface area contributed by atoms with Crippen LogP contribution in [-0.2, 0) is 14.4 Å². The number of benzene rings is 2. The van der Waals surface area contributed by atoms with Crippen LogP contribution in [0.5, 0.6) is 0 Å². The third-order valence-electron chi connectivity index (χ3n) is 6.66. The van der Waals surface area contributed by atoms with Crippen molar-refractivity contribution in [1.29, 1.82) is 0 Å². The molecule has 0 spiro atoms. The van der Waals surface area contributed by atoms with Gasteiger partial charge in [0.15, 0.2) is 0 Å². The van der Waals surface area contributed by atoms with E-state index in [1.165, 1.54) is 24.3 Å². The molecule has 1 unspecified atom stereocenters. The highest BCUT2D eigenvalue weighted by Gasteiger charge is 2.45. The maximum Gasteiger partial charge on any atom is 0.493 e. The number of para-hydroxylation sites is 3. The summed E-state index contributed by atoms with van der Waals surface area (Å²) in [7, 11) is 0. The monoisotopic (exact) mass is 543 g/mol. The van der Waals surface area contributed by atoms with Gasteiger partial charge in [-0.05, 0) is 43.2 Å². The van der Waals surface area contributed by atoms with Crippen molar-refractivity contribution in [3.63, 3.8) is 0 Å². The number of carbonyl (C=O) groups excluding carboxylic acids is 3. The number of amides is 2. The van der Waals surface area contributed by atoms with Crippen molar-refractivity contribution in [2.24, 2.45) is 0 Å². The van der Waals surface area contributed by atoms with Gasteiger partial charge in [-0.3, -0.25) is 14.2 Å². The summed E-state index contributed by atoms with van der Waals surface area (Å²) in [4.78, 5) is 58.4. The highest BCUT2D eigenvalue weighted by Crippen LogP contribution is 2.30. The number of fused-ring (bicyclic) bond motifs is 2. The molecule has 2 aliphatic rings. The number of imidazole rings is 1. The van der Waals surface area contributed by atoms with Crippen molar-refractivity contribution < 1.29 is 32.4 Å². The first-order chi connectivity index (χ1) is 18.6. The lowest BCUT2D eigenvalue weighted by Gasteiger charge is -2.37. The van der Waals surface area contributed by atoms with Gasteiger partial charge in [0.25, 0.3) is 5.91 Å². The second kappa shape index (κ2) is 10.3. The van der Waals surface area contributed by atoms with Crippen molar-refractivity contribution in [3.05, 3.63) is 70.7 Å². The summed E-state index contributed by atoms with van der Waals surface area (Å²) in [5.74, 6) is -3.12. The SMILES string of the molecule is O=C1NC(CCCC(=O)N2CC=C(n3c(=O)[nH]c4ccccc43)CC2)N(OC(=O)C(F)(F)F)c2ccccc21. The van der Waals surface area contributed by atoms with Gasteiger partial charge in [-0.25, -0.2) is 9.59 Å². The Morgan fingerprint density at radius 3 is 2.54 bits per heavy atom. The zero-order valence-electron chi connectivity index (χ0n) is 20.5. The van der Waals surface area contributed by atoms with Gasteiger partial charge in [-0.15, -0.1) is 0 Å². The van der Waals surface area contributed by atoms with E-state index in [4.69, 9.17) is 0 Å². The Morgan fingerprint density at radius 2 is 1.79 bits per heavy atom. The van der Waals surface area contributed by atoms with Crippen molar-refractivity contribution in [3.8, 4) is 0 Å². The molecule has 13 heteroatoms. The average Bonchev–Trinajstić information content (AvgIpc) is 3.25. The van der Waals surface area contributed by atoms with E-state index in [9.17, 15) is 32.3 Å². The van der Waals surface area contributed by atoms with Crippen molar-refractivity contribution in [2.45, 2.75) is 38.0 Å². The minimum absolute atomic E-state index is 0.0244. The van der Waals surface area contributed by atoms with Crippen LogP contribution in [0.15, 0.2) is 59.4 Å². The number of alkyl halides is 3. The molecule has 2 aromatic carbocycles. The molecule has 0 saturated heterocycles. The zero-order valence-corrected chi connectivity index (χ0v) is 20.5. The van der Waals surface area contributed by atoms with Crippen LogP contribution >= 0.6 is 0 Å². The normalized spacial score (nSPS) is 17.5. The Labute approximate surface area is 219 Å². The lowest BCUT2D eigenvalue weighted by atomic mass is 10.1. The van der Waals surface area contributed by atoms with Gasteiger partial charge in [-0.2, -0.15) is 18.2 Å². The molecule has 39 heavy (non-hydrogen) atoms. The average molecular weight is 544 g/mol. The fraction of sp³-hybridized carbons (Fsp3) is 0.308. The Balaban J connectivity index is 1.22. The number of anilines is 1. The topological polar surface area (TPSA) is 117 Å². The van der Waals surface area contributed by atoms with Crippen molar-refractivity contribution in [1.82, 2.24) is 19.8 Å². The van der Waals surface area contributed by atoms with Gasteiger partial charge >= 0.3 is 17.8 Å². The third-order valence-corrected chi connectivity index (χ3v) is 6.66. The van der Waals surface area contributed by atoms with Crippen LogP contribution in [0.4, 0.5) is 18.9 Å². The first kappa shape index (κ1) is 26.1. The summed E-state index contributed by atoms with van der Waals surface area (Å²) >= 11 is 0. The number of nitrogens with one attached hydrogen (secondary N) is 2. The highest BCUT2D eigenvalue weighted by atomic mass is 19.4. The maximum absolute atomic E-state index is 12.9. The van der Waals surface area contributed by atoms with Crippen LogP contribution in [0.3, 0.4) is 0 Å². The van der Waals surface area contributed by atoms with Crippen molar-refractivity contribution in [2.75, 3.05) is 18.2 Å². The van der Waals surface area contributed by atoms with E-state index < -0.39 is 24.2 Å². The van der Waals surface area contributed by atoms with E-state index in [-0.39, 0.29) is 42.1 Å². The number of H-pyrrole nitrogens is 1. The third kappa shape index (κ3) is 5.24. The van der Waals surface area contributed by atoms with Gasteiger partial charge < -0.3 is 20.0 Å². The smallest absolute Gasteiger partial charge is 0.339 e. The molecule has 2 N–H and O–H groups in total. The van der Waals surface area contributed by atoms with E-state index in [0.29, 0.717) is 25.0 Å². The molecule has 204 valence electrons. The van der Waals surface area contributed by atoms with E-state index in [0.717, 1.165) is 16.3 Å². The van der Waals surface area contributed by atoms with Gasteiger partial charge in [0.2, 0.25) is 5.91 Å². The Morgan fingerprint density at radius 1 is 1.05 bits per heavy atom. The van der Waals surface area contributed by atoms with E-state index in [2.05, 4.69) is 15.1 Å². The standard InChI is InChI=1S/C26H24F3N5O5/c27-26(28,29)24(37)39-34-19-8-3-1-6-17(19)23(36)31-21(34)10-5-11-22(35)32-14-12-16(13-15-32)33-20-9-4-2-7-18(20)30-25(33)38/h1-4,6-9,12,21H,5,10-11,13-15H2,(H,30,38)(H,31,36). The first-order valence-electron chi connectivity index (χ1n) is 12.3. The fourth-order valence-corrected chi connectivity index (χ4v) is 4.79. The molecule has 2 aliphatic heterocycles. The summed E-state index contributed by atoms with van der Waals surface area (Å²) in [6.45, 7) is 0.683. The van der Waals surface area contributed by atoms with E-state index >= 15 is 0 Å². The Bertz CT molecular complexity index is 1530. The molecule has 0 saturated carbocycles. The van der Waals surface area contributed by atoms with Gasteiger partial charge in [0.1, 0.15) is 6.17 Å². The first-order valence-corrected chi connectivity index (χ1v) is 12.3. The zero-order chi connectivity index (χ0) is 27.7. The summed E-state index contributed by atoms with van der Waals surface area (Å²) in [5, 5.41) is 3.29. The fourth-order valence-electron chi connectivity index (χ4n) is 4.79. The summed E-state index contributed by atoms with van der Waals surface area (Å²) in [6, 6.07) is 13.1. The maximum atomic E-state index is 12.9. The van der Waals surface area contributed by atoms with Crippen molar-refractivity contribution >= 4 is 40.2 Å².